The molecule has 1 fully saturated rings. The molecule has 1 aliphatic rings. The molecule has 23 heavy (non-hydrogen) atoms. The summed E-state index contributed by atoms with van der Waals surface area (Å²) in [5, 5.41) is 0.746. The van der Waals surface area contributed by atoms with Crippen LogP contribution in [0, 0.1) is 5.92 Å². The number of halogens is 1. The predicted octanol–water partition coefficient (Wildman–Crippen LogP) is 3.79. The Balaban J connectivity index is 1.29. The number of hydrogen-bond acceptors (Lipinski definition) is 3. The molecule has 0 atom stereocenters. The lowest BCUT2D eigenvalue weighted by atomic mass is 9.92. The van der Waals surface area contributed by atoms with Crippen molar-refractivity contribution >= 4 is 11.6 Å². The Kier molecular flexibility index (Phi) is 5.94. The standard InChI is InChI=1S/C18H24ClN3O/c19-16-2-4-18(5-3-16)23-11-1-8-22-9-6-15(7-10-22)12-17-13-20-14-21-17/h2-5,13-15H,1,6-12H2,(H,20,21). The third-order valence-corrected chi connectivity index (χ3v) is 4.72. The molecule has 4 nitrogen and oxygen atoms in total. The minimum absolute atomic E-state index is 0.746. The number of nitrogens with one attached hydrogen (secondary N) is 1. The molecule has 1 saturated heterocycles. The summed E-state index contributed by atoms with van der Waals surface area (Å²) in [6, 6.07) is 7.56. The maximum atomic E-state index is 5.86. The monoisotopic (exact) mass is 333 g/mol. The number of nitrogens with zero attached hydrogens (tertiary/aromatic N) is 2. The number of hydrogen-bond donors (Lipinski definition) is 1. The lowest BCUT2D eigenvalue weighted by molar-refractivity contribution is 0.170. The second-order valence-electron chi connectivity index (χ2n) is 6.22. The van der Waals surface area contributed by atoms with E-state index >= 15 is 0 Å². The zero-order valence-corrected chi connectivity index (χ0v) is 14.1. The number of aromatic amines is 1. The summed E-state index contributed by atoms with van der Waals surface area (Å²) in [6.07, 6.45) is 8.46. The van der Waals surface area contributed by atoms with Gasteiger partial charge in [-0.3, -0.25) is 0 Å². The van der Waals surface area contributed by atoms with Crippen LogP contribution in [0.3, 0.4) is 0 Å². The van der Waals surface area contributed by atoms with Gasteiger partial charge in [-0.05, 0) is 69.0 Å². The number of imidazole rings is 1. The third-order valence-electron chi connectivity index (χ3n) is 4.47. The van der Waals surface area contributed by atoms with Crippen molar-refractivity contribution in [3.05, 3.63) is 47.5 Å². The second kappa shape index (κ2) is 8.37. The number of ether oxygens (including phenoxy) is 1. The van der Waals surface area contributed by atoms with E-state index in [2.05, 4.69) is 14.9 Å². The Morgan fingerprint density at radius 3 is 2.70 bits per heavy atom. The highest BCUT2D eigenvalue weighted by molar-refractivity contribution is 6.30. The van der Waals surface area contributed by atoms with Crippen molar-refractivity contribution in [3.63, 3.8) is 0 Å². The molecular formula is C18H24ClN3O. The average molecular weight is 334 g/mol. The molecule has 0 radical (unpaired) electrons. The summed E-state index contributed by atoms with van der Waals surface area (Å²) < 4.78 is 5.75. The van der Waals surface area contributed by atoms with Crippen LogP contribution in [-0.2, 0) is 6.42 Å². The highest BCUT2D eigenvalue weighted by Gasteiger charge is 2.19. The van der Waals surface area contributed by atoms with E-state index in [1.165, 1.54) is 31.6 Å². The van der Waals surface area contributed by atoms with E-state index in [4.69, 9.17) is 16.3 Å². The molecule has 1 aromatic carbocycles. The van der Waals surface area contributed by atoms with Gasteiger partial charge in [0.2, 0.25) is 0 Å². The van der Waals surface area contributed by atoms with E-state index in [1.54, 1.807) is 6.33 Å². The topological polar surface area (TPSA) is 41.1 Å². The summed E-state index contributed by atoms with van der Waals surface area (Å²) in [6.45, 7) is 4.26. The van der Waals surface area contributed by atoms with Crippen molar-refractivity contribution < 1.29 is 4.74 Å². The van der Waals surface area contributed by atoms with Gasteiger partial charge in [0.15, 0.2) is 0 Å². The average Bonchev–Trinajstić information content (AvgIpc) is 3.08. The minimum atomic E-state index is 0.746. The van der Waals surface area contributed by atoms with Gasteiger partial charge < -0.3 is 14.6 Å². The molecule has 5 heteroatoms. The fraction of sp³-hybridized carbons (Fsp3) is 0.500. The van der Waals surface area contributed by atoms with Crippen LogP contribution < -0.4 is 4.74 Å². The molecule has 1 N–H and O–H groups in total. The van der Waals surface area contributed by atoms with E-state index in [-0.39, 0.29) is 0 Å². The maximum Gasteiger partial charge on any atom is 0.119 e. The zero-order chi connectivity index (χ0) is 15.9. The molecule has 0 amide bonds. The Morgan fingerprint density at radius 2 is 2.00 bits per heavy atom. The van der Waals surface area contributed by atoms with Crippen molar-refractivity contribution in [2.24, 2.45) is 5.92 Å². The molecular weight excluding hydrogens is 310 g/mol. The number of H-pyrrole nitrogens is 1. The van der Waals surface area contributed by atoms with Crippen LogP contribution in [0.5, 0.6) is 5.75 Å². The first-order chi connectivity index (χ1) is 11.3. The van der Waals surface area contributed by atoms with Crippen LogP contribution in [0.25, 0.3) is 0 Å². The van der Waals surface area contributed by atoms with Crippen molar-refractivity contribution in [2.45, 2.75) is 25.7 Å². The van der Waals surface area contributed by atoms with Gasteiger partial charge in [-0.2, -0.15) is 0 Å². The molecule has 1 aliphatic heterocycles. The van der Waals surface area contributed by atoms with Crippen LogP contribution in [0.4, 0.5) is 0 Å². The van der Waals surface area contributed by atoms with Crippen molar-refractivity contribution in [3.8, 4) is 5.75 Å². The van der Waals surface area contributed by atoms with Gasteiger partial charge in [-0.15, -0.1) is 0 Å². The fourth-order valence-electron chi connectivity index (χ4n) is 3.13. The molecule has 0 bridgehead atoms. The predicted molar refractivity (Wildman–Crippen MR) is 93.0 cm³/mol. The Hall–Kier alpha value is -1.52. The number of rotatable bonds is 7. The van der Waals surface area contributed by atoms with E-state index < -0.39 is 0 Å². The first-order valence-corrected chi connectivity index (χ1v) is 8.75. The molecule has 0 saturated carbocycles. The van der Waals surface area contributed by atoms with Crippen molar-refractivity contribution in [1.82, 2.24) is 14.9 Å². The van der Waals surface area contributed by atoms with Gasteiger partial charge in [0, 0.05) is 23.5 Å². The summed E-state index contributed by atoms with van der Waals surface area (Å²) in [5.74, 6) is 1.68. The third kappa shape index (κ3) is 5.26. The van der Waals surface area contributed by atoms with Crippen LogP contribution in [0.2, 0.25) is 5.02 Å². The van der Waals surface area contributed by atoms with Crippen molar-refractivity contribution in [2.75, 3.05) is 26.2 Å². The Morgan fingerprint density at radius 1 is 1.22 bits per heavy atom. The van der Waals surface area contributed by atoms with Gasteiger partial charge in [-0.1, -0.05) is 11.6 Å². The summed E-state index contributed by atoms with van der Waals surface area (Å²) >= 11 is 5.86. The number of piperidine rings is 1. The number of aromatic nitrogens is 2. The van der Waals surface area contributed by atoms with E-state index in [0.29, 0.717) is 0 Å². The first kappa shape index (κ1) is 16.3. The summed E-state index contributed by atoms with van der Waals surface area (Å²) in [5.41, 5.74) is 1.26. The number of benzene rings is 1. The molecule has 3 rings (SSSR count). The molecule has 0 aliphatic carbocycles. The van der Waals surface area contributed by atoms with Crippen LogP contribution in [-0.4, -0.2) is 41.1 Å². The molecule has 1 aromatic heterocycles. The van der Waals surface area contributed by atoms with Gasteiger partial charge in [0.1, 0.15) is 5.75 Å². The summed E-state index contributed by atoms with van der Waals surface area (Å²) in [7, 11) is 0. The molecule has 2 heterocycles. The first-order valence-electron chi connectivity index (χ1n) is 8.37. The Bertz CT molecular complexity index is 562. The highest BCUT2D eigenvalue weighted by Crippen LogP contribution is 2.21. The van der Waals surface area contributed by atoms with E-state index in [0.717, 1.165) is 42.7 Å². The normalized spacial score (nSPS) is 16.6. The lowest BCUT2D eigenvalue weighted by Gasteiger charge is -2.31. The smallest absolute Gasteiger partial charge is 0.119 e. The van der Waals surface area contributed by atoms with Crippen LogP contribution in [0.1, 0.15) is 25.0 Å². The Labute approximate surface area is 142 Å². The minimum Gasteiger partial charge on any atom is -0.494 e. The molecule has 2 aromatic rings. The molecule has 0 spiro atoms. The van der Waals surface area contributed by atoms with E-state index in [9.17, 15) is 0 Å². The fourth-order valence-corrected chi connectivity index (χ4v) is 3.26. The number of likely N-dealkylation sites (tertiary alicyclic amines) is 1. The quantitative estimate of drug-likeness (QED) is 0.784. The summed E-state index contributed by atoms with van der Waals surface area (Å²) in [4.78, 5) is 9.85. The molecule has 124 valence electrons. The second-order valence-corrected chi connectivity index (χ2v) is 6.66. The van der Waals surface area contributed by atoms with Crippen LogP contribution in [0.15, 0.2) is 36.8 Å². The SMILES string of the molecule is Clc1ccc(OCCCN2CCC(Cc3cnc[nH]3)CC2)cc1. The largest absolute Gasteiger partial charge is 0.494 e. The van der Waals surface area contributed by atoms with E-state index in [1.807, 2.05) is 30.5 Å². The maximum absolute atomic E-state index is 5.86. The van der Waals surface area contributed by atoms with Gasteiger partial charge in [0.25, 0.3) is 0 Å². The van der Waals surface area contributed by atoms with Crippen LogP contribution >= 0.6 is 11.6 Å². The molecule has 0 unspecified atom stereocenters. The lowest BCUT2D eigenvalue weighted by Crippen LogP contribution is -2.35. The highest BCUT2D eigenvalue weighted by atomic mass is 35.5. The van der Waals surface area contributed by atoms with Gasteiger partial charge >= 0.3 is 0 Å². The van der Waals surface area contributed by atoms with Gasteiger partial charge in [-0.25, -0.2) is 4.98 Å². The zero-order valence-electron chi connectivity index (χ0n) is 13.4. The van der Waals surface area contributed by atoms with Gasteiger partial charge in [0.05, 0.1) is 12.9 Å². The van der Waals surface area contributed by atoms with Crippen molar-refractivity contribution in [1.29, 1.82) is 0 Å².